The molecule has 14 heavy (non-hydrogen) atoms. The number of H-pyrrole nitrogens is 1. The van der Waals surface area contributed by atoms with Crippen molar-refractivity contribution < 1.29 is 9.18 Å². The van der Waals surface area contributed by atoms with Crippen molar-refractivity contribution in [3.05, 3.63) is 34.2 Å². The highest BCUT2D eigenvalue weighted by Crippen LogP contribution is 2.29. The lowest BCUT2D eigenvalue weighted by molar-refractivity contribution is 0.101. The van der Waals surface area contributed by atoms with E-state index in [-0.39, 0.29) is 11.6 Å². The van der Waals surface area contributed by atoms with Gasteiger partial charge in [-0.15, -0.1) is 0 Å². The molecule has 0 unspecified atom stereocenters. The fraction of sp³-hybridized carbons (Fsp3) is 0.100. The second kappa shape index (κ2) is 3.20. The van der Waals surface area contributed by atoms with Crippen LogP contribution in [-0.2, 0) is 0 Å². The van der Waals surface area contributed by atoms with Crippen molar-refractivity contribution >= 4 is 32.6 Å². The molecule has 0 aliphatic rings. The predicted octanol–water partition coefficient (Wildman–Crippen LogP) is 3.27. The van der Waals surface area contributed by atoms with E-state index in [0.29, 0.717) is 16.5 Å². The third-order valence-corrected chi connectivity index (χ3v) is 2.77. The lowest BCUT2D eigenvalue weighted by Gasteiger charge is -1.97. The molecule has 1 aromatic heterocycles. The summed E-state index contributed by atoms with van der Waals surface area (Å²) in [6.45, 7) is 1.46. The lowest BCUT2D eigenvalue weighted by Crippen LogP contribution is -1.89. The average molecular weight is 256 g/mol. The van der Waals surface area contributed by atoms with E-state index in [1.807, 2.05) is 0 Å². The maximum absolute atomic E-state index is 13.3. The Hall–Kier alpha value is -1.16. The van der Waals surface area contributed by atoms with E-state index >= 15 is 0 Å². The SMILES string of the molecule is CC(=O)c1c[nH]c2c(F)ccc(Br)c12. The summed E-state index contributed by atoms with van der Waals surface area (Å²) in [4.78, 5) is 14.0. The van der Waals surface area contributed by atoms with Crippen molar-refractivity contribution in [2.75, 3.05) is 0 Å². The van der Waals surface area contributed by atoms with Crippen LogP contribution in [0.5, 0.6) is 0 Å². The number of hydrogen-bond donors (Lipinski definition) is 1. The quantitative estimate of drug-likeness (QED) is 0.780. The second-order valence-corrected chi connectivity index (χ2v) is 3.89. The van der Waals surface area contributed by atoms with Crippen LogP contribution in [0, 0.1) is 5.82 Å². The standard InChI is InChI=1S/C10H7BrFNO/c1-5(14)6-4-13-10-8(12)3-2-7(11)9(6)10/h2-4,13H,1H3. The molecular weight excluding hydrogens is 249 g/mol. The molecular formula is C10H7BrFNO. The Morgan fingerprint density at radius 1 is 1.50 bits per heavy atom. The molecule has 0 saturated heterocycles. The van der Waals surface area contributed by atoms with Crippen LogP contribution in [0.4, 0.5) is 4.39 Å². The molecule has 1 aromatic carbocycles. The number of Topliss-reactive ketones (excluding diaryl/α,β-unsaturated/α-hetero) is 1. The first kappa shape index (κ1) is 9.40. The number of aromatic nitrogens is 1. The lowest BCUT2D eigenvalue weighted by atomic mass is 10.1. The van der Waals surface area contributed by atoms with E-state index in [0.717, 1.165) is 4.47 Å². The highest BCUT2D eigenvalue weighted by atomic mass is 79.9. The maximum Gasteiger partial charge on any atom is 0.161 e. The van der Waals surface area contributed by atoms with Crippen molar-refractivity contribution in [3.8, 4) is 0 Å². The van der Waals surface area contributed by atoms with Crippen molar-refractivity contribution in [1.82, 2.24) is 4.98 Å². The summed E-state index contributed by atoms with van der Waals surface area (Å²) in [6, 6.07) is 2.95. The predicted molar refractivity (Wildman–Crippen MR) is 56.0 cm³/mol. The van der Waals surface area contributed by atoms with Crippen LogP contribution in [0.1, 0.15) is 17.3 Å². The summed E-state index contributed by atoms with van der Waals surface area (Å²) in [5.74, 6) is -0.432. The van der Waals surface area contributed by atoms with Gasteiger partial charge in [-0.3, -0.25) is 4.79 Å². The molecule has 2 nitrogen and oxygen atoms in total. The van der Waals surface area contributed by atoms with Crippen LogP contribution in [-0.4, -0.2) is 10.8 Å². The molecule has 2 aromatic rings. The Kier molecular flexibility index (Phi) is 2.15. The largest absolute Gasteiger partial charge is 0.358 e. The van der Waals surface area contributed by atoms with Crippen molar-refractivity contribution in [2.45, 2.75) is 6.92 Å². The van der Waals surface area contributed by atoms with Crippen molar-refractivity contribution in [3.63, 3.8) is 0 Å². The van der Waals surface area contributed by atoms with Crippen LogP contribution in [0.2, 0.25) is 0 Å². The van der Waals surface area contributed by atoms with Gasteiger partial charge in [0.05, 0.1) is 5.52 Å². The van der Waals surface area contributed by atoms with Gasteiger partial charge in [-0.25, -0.2) is 4.39 Å². The molecule has 0 amide bonds. The minimum Gasteiger partial charge on any atom is -0.358 e. The molecule has 0 aliphatic carbocycles. The Labute approximate surface area is 88.2 Å². The van der Waals surface area contributed by atoms with E-state index in [1.165, 1.54) is 19.2 Å². The number of halogens is 2. The highest BCUT2D eigenvalue weighted by Gasteiger charge is 2.13. The topological polar surface area (TPSA) is 32.9 Å². The van der Waals surface area contributed by atoms with E-state index in [1.54, 1.807) is 6.07 Å². The van der Waals surface area contributed by atoms with Crippen LogP contribution in [0.15, 0.2) is 22.8 Å². The molecule has 1 heterocycles. The first-order valence-electron chi connectivity index (χ1n) is 4.07. The van der Waals surface area contributed by atoms with Crippen LogP contribution >= 0.6 is 15.9 Å². The Morgan fingerprint density at radius 2 is 2.21 bits per heavy atom. The number of benzene rings is 1. The second-order valence-electron chi connectivity index (χ2n) is 3.04. The van der Waals surface area contributed by atoms with Crippen LogP contribution in [0.25, 0.3) is 10.9 Å². The fourth-order valence-electron chi connectivity index (χ4n) is 1.45. The van der Waals surface area contributed by atoms with E-state index in [2.05, 4.69) is 20.9 Å². The van der Waals surface area contributed by atoms with E-state index in [4.69, 9.17) is 0 Å². The molecule has 0 fully saturated rings. The van der Waals surface area contributed by atoms with Crippen LogP contribution in [0.3, 0.4) is 0 Å². The van der Waals surface area contributed by atoms with Crippen LogP contribution < -0.4 is 0 Å². The molecule has 0 radical (unpaired) electrons. The summed E-state index contributed by atoms with van der Waals surface area (Å²) in [5, 5.41) is 0.609. The van der Waals surface area contributed by atoms with Crippen molar-refractivity contribution in [1.29, 1.82) is 0 Å². The number of carbonyl (C=O) groups is 1. The monoisotopic (exact) mass is 255 g/mol. The summed E-state index contributed by atoms with van der Waals surface area (Å²) in [5.41, 5.74) is 0.871. The Balaban J connectivity index is 2.90. The van der Waals surface area contributed by atoms with Gasteiger partial charge in [0.15, 0.2) is 5.78 Å². The zero-order valence-electron chi connectivity index (χ0n) is 7.40. The highest BCUT2D eigenvalue weighted by molar-refractivity contribution is 9.10. The number of ketones is 1. The number of carbonyl (C=O) groups excluding carboxylic acids is 1. The van der Waals surface area contributed by atoms with Gasteiger partial charge in [-0.2, -0.15) is 0 Å². The van der Waals surface area contributed by atoms with Gasteiger partial charge in [0, 0.05) is 21.6 Å². The first-order chi connectivity index (χ1) is 6.61. The summed E-state index contributed by atoms with van der Waals surface area (Å²) in [6.07, 6.45) is 1.53. The van der Waals surface area contributed by atoms with E-state index < -0.39 is 0 Å². The molecule has 4 heteroatoms. The third kappa shape index (κ3) is 1.26. The van der Waals surface area contributed by atoms with Gasteiger partial charge in [0.2, 0.25) is 0 Å². The Morgan fingerprint density at radius 3 is 2.86 bits per heavy atom. The Bertz CT molecular complexity index is 518. The molecule has 0 aliphatic heterocycles. The molecule has 0 spiro atoms. The number of rotatable bonds is 1. The summed E-state index contributed by atoms with van der Waals surface area (Å²) < 4.78 is 14.0. The number of hydrogen-bond acceptors (Lipinski definition) is 1. The molecule has 2 rings (SSSR count). The fourth-order valence-corrected chi connectivity index (χ4v) is 1.99. The summed E-state index contributed by atoms with van der Waals surface area (Å²) >= 11 is 3.29. The van der Waals surface area contributed by atoms with Gasteiger partial charge in [0.1, 0.15) is 5.82 Å². The van der Waals surface area contributed by atoms with Gasteiger partial charge < -0.3 is 4.98 Å². The smallest absolute Gasteiger partial charge is 0.161 e. The minimum atomic E-state index is -0.351. The zero-order chi connectivity index (χ0) is 10.3. The average Bonchev–Trinajstić information content (AvgIpc) is 2.56. The molecule has 0 atom stereocenters. The number of nitrogens with one attached hydrogen (secondary N) is 1. The molecule has 72 valence electrons. The van der Waals surface area contributed by atoms with Gasteiger partial charge in [-0.05, 0) is 19.1 Å². The third-order valence-electron chi connectivity index (χ3n) is 2.11. The molecule has 0 bridgehead atoms. The minimum absolute atomic E-state index is 0.0810. The van der Waals surface area contributed by atoms with E-state index in [9.17, 15) is 9.18 Å². The van der Waals surface area contributed by atoms with Gasteiger partial charge >= 0.3 is 0 Å². The maximum atomic E-state index is 13.3. The zero-order valence-corrected chi connectivity index (χ0v) is 8.98. The van der Waals surface area contributed by atoms with Crippen molar-refractivity contribution in [2.24, 2.45) is 0 Å². The van der Waals surface area contributed by atoms with Gasteiger partial charge in [-0.1, -0.05) is 15.9 Å². The first-order valence-corrected chi connectivity index (χ1v) is 4.86. The number of fused-ring (bicyclic) bond motifs is 1. The normalized spacial score (nSPS) is 10.8. The molecule has 1 N–H and O–H groups in total. The van der Waals surface area contributed by atoms with Gasteiger partial charge in [0.25, 0.3) is 0 Å². The summed E-state index contributed by atoms with van der Waals surface area (Å²) in [7, 11) is 0. The molecule has 0 saturated carbocycles. The number of aromatic amines is 1.